The molecule has 0 bridgehead atoms. The summed E-state index contributed by atoms with van der Waals surface area (Å²) in [7, 11) is 2.21. The van der Waals surface area contributed by atoms with Gasteiger partial charge in [0.25, 0.3) is 0 Å². The van der Waals surface area contributed by atoms with Crippen LogP contribution in [0.3, 0.4) is 0 Å². The van der Waals surface area contributed by atoms with Gasteiger partial charge in [-0.2, -0.15) is 0 Å². The summed E-state index contributed by atoms with van der Waals surface area (Å²) >= 11 is 2.37. The van der Waals surface area contributed by atoms with Gasteiger partial charge in [0.15, 0.2) is 0 Å². The van der Waals surface area contributed by atoms with Gasteiger partial charge < -0.3 is 9.47 Å². The van der Waals surface area contributed by atoms with Crippen molar-refractivity contribution in [3.8, 4) is 0 Å². The number of nitrogens with zero attached hydrogens (tertiary/aromatic N) is 4. The number of aryl methyl sites for hydroxylation is 1. The minimum absolute atomic E-state index is 0.546. The average Bonchev–Trinajstić information content (AvgIpc) is 2.84. The minimum Gasteiger partial charge on any atom is -0.324 e. The number of benzene rings is 1. The lowest BCUT2D eigenvalue weighted by atomic mass is 10.0. The highest BCUT2D eigenvalue weighted by Crippen LogP contribution is 2.32. The number of imidazole rings is 1. The van der Waals surface area contributed by atoms with Gasteiger partial charge in [-0.1, -0.05) is 0 Å². The van der Waals surface area contributed by atoms with Crippen molar-refractivity contribution in [3.63, 3.8) is 0 Å². The normalized spacial score (nSPS) is 17.6. The van der Waals surface area contributed by atoms with Crippen LogP contribution in [-0.4, -0.2) is 39.6 Å². The predicted molar refractivity (Wildman–Crippen MR) is 98.3 cm³/mol. The summed E-state index contributed by atoms with van der Waals surface area (Å²) in [6.07, 6.45) is 4.30. The molecule has 0 amide bonds. The van der Waals surface area contributed by atoms with Gasteiger partial charge in [-0.05, 0) is 80.7 Å². The summed E-state index contributed by atoms with van der Waals surface area (Å²) in [5.74, 6) is 1.11. The molecule has 1 aliphatic heterocycles. The summed E-state index contributed by atoms with van der Waals surface area (Å²) in [6, 6.07) is 7.00. The molecule has 0 aliphatic carbocycles. The topological polar surface area (TPSA) is 34.0 Å². The number of hydrogen-bond donors (Lipinski definition) is 0. The number of aromatic nitrogens is 3. The molecule has 0 saturated carbocycles. The standard InChI is InChI=1S/C17H19IN4/c1-11-20-16-10-19-15-4-3-12(18)9-14(15)17(16)22(11)13-5-7-21(2)8-6-13/h3-4,9-10,13H,5-8H2,1-2H3. The van der Waals surface area contributed by atoms with Crippen LogP contribution in [0.2, 0.25) is 0 Å². The maximum Gasteiger partial charge on any atom is 0.108 e. The highest BCUT2D eigenvalue weighted by Gasteiger charge is 2.23. The third kappa shape index (κ3) is 2.31. The third-order valence-electron chi connectivity index (χ3n) is 4.71. The Labute approximate surface area is 143 Å². The molecule has 3 heterocycles. The number of piperidine rings is 1. The van der Waals surface area contributed by atoms with E-state index in [1.165, 1.54) is 27.3 Å². The van der Waals surface area contributed by atoms with Crippen molar-refractivity contribution >= 4 is 44.5 Å². The fraction of sp³-hybridized carbons (Fsp3) is 0.412. The van der Waals surface area contributed by atoms with Crippen LogP contribution in [0.4, 0.5) is 0 Å². The molecule has 0 spiro atoms. The zero-order chi connectivity index (χ0) is 15.3. The average molecular weight is 406 g/mol. The Hall–Kier alpha value is -1.21. The van der Waals surface area contributed by atoms with Crippen LogP contribution in [0, 0.1) is 10.5 Å². The number of halogens is 1. The van der Waals surface area contributed by atoms with E-state index >= 15 is 0 Å². The van der Waals surface area contributed by atoms with Crippen LogP contribution in [0.1, 0.15) is 24.7 Å². The number of likely N-dealkylation sites (tertiary alicyclic amines) is 1. The first-order valence-corrected chi connectivity index (χ1v) is 8.83. The summed E-state index contributed by atoms with van der Waals surface area (Å²) in [6.45, 7) is 4.44. The largest absolute Gasteiger partial charge is 0.324 e. The van der Waals surface area contributed by atoms with Gasteiger partial charge in [-0.3, -0.25) is 4.98 Å². The van der Waals surface area contributed by atoms with Gasteiger partial charge in [-0.25, -0.2) is 4.98 Å². The smallest absolute Gasteiger partial charge is 0.108 e. The van der Waals surface area contributed by atoms with Crippen molar-refractivity contribution < 1.29 is 0 Å². The van der Waals surface area contributed by atoms with Crippen LogP contribution < -0.4 is 0 Å². The zero-order valence-electron chi connectivity index (χ0n) is 12.9. The fourth-order valence-corrected chi connectivity index (χ4v) is 4.06. The Balaban J connectivity index is 1.96. The molecular formula is C17H19IN4. The molecule has 5 heteroatoms. The van der Waals surface area contributed by atoms with E-state index in [-0.39, 0.29) is 0 Å². The third-order valence-corrected chi connectivity index (χ3v) is 5.38. The molecule has 0 N–H and O–H groups in total. The quantitative estimate of drug-likeness (QED) is 0.578. The number of pyridine rings is 1. The molecule has 0 radical (unpaired) electrons. The van der Waals surface area contributed by atoms with Gasteiger partial charge in [-0.15, -0.1) is 0 Å². The van der Waals surface area contributed by atoms with Crippen LogP contribution in [-0.2, 0) is 0 Å². The number of fused-ring (bicyclic) bond motifs is 3. The highest BCUT2D eigenvalue weighted by molar-refractivity contribution is 14.1. The van der Waals surface area contributed by atoms with Crippen LogP contribution in [0.5, 0.6) is 0 Å². The summed E-state index contributed by atoms with van der Waals surface area (Å²) in [5, 5.41) is 1.23. The van der Waals surface area contributed by atoms with Crippen molar-refractivity contribution in [1.29, 1.82) is 0 Å². The molecule has 114 valence electrons. The lowest BCUT2D eigenvalue weighted by Crippen LogP contribution is -2.31. The molecule has 1 saturated heterocycles. The monoisotopic (exact) mass is 406 g/mol. The Morgan fingerprint density at radius 2 is 1.95 bits per heavy atom. The Bertz CT molecular complexity index is 847. The van der Waals surface area contributed by atoms with Gasteiger partial charge in [0.1, 0.15) is 11.3 Å². The summed E-state index contributed by atoms with van der Waals surface area (Å²) in [5.41, 5.74) is 3.34. The molecule has 1 fully saturated rings. The van der Waals surface area contributed by atoms with E-state index in [1.807, 2.05) is 6.20 Å². The van der Waals surface area contributed by atoms with Crippen molar-refractivity contribution in [2.75, 3.05) is 20.1 Å². The SMILES string of the molecule is Cc1nc2cnc3ccc(I)cc3c2n1C1CCN(C)CC1. The molecule has 0 atom stereocenters. The van der Waals surface area contributed by atoms with E-state index in [1.54, 1.807) is 0 Å². The van der Waals surface area contributed by atoms with Crippen LogP contribution >= 0.6 is 22.6 Å². The lowest BCUT2D eigenvalue weighted by molar-refractivity contribution is 0.222. The van der Waals surface area contributed by atoms with Gasteiger partial charge in [0, 0.05) is 15.0 Å². The molecule has 4 rings (SSSR count). The first-order valence-electron chi connectivity index (χ1n) is 7.75. The molecule has 0 unspecified atom stereocenters. The van der Waals surface area contributed by atoms with E-state index in [2.05, 4.69) is 69.2 Å². The molecule has 4 nitrogen and oxygen atoms in total. The number of hydrogen-bond acceptors (Lipinski definition) is 3. The maximum absolute atomic E-state index is 4.77. The van der Waals surface area contributed by atoms with Crippen molar-refractivity contribution in [3.05, 3.63) is 33.8 Å². The van der Waals surface area contributed by atoms with Crippen molar-refractivity contribution in [2.45, 2.75) is 25.8 Å². The Morgan fingerprint density at radius 1 is 1.18 bits per heavy atom. The maximum atomic E-state index is 4.77. The second-order valence-electron chi connectivity index (χ2n) is 6.22. The molecule has 1 aromatic carbocycles. The molecular weight excluding hydrogens is 387 g/mol. The number of rotatable bonds is 1. The lowest BCUT2D eigenvalue weighted by Gasteiger charge is -2.31. The van der Waals surface area contributed by atoms with Crippen LogP contribution in [0.25, 0.3) is 21.9 Å². The van der Waals surface area contributed by atoms with Gasteiger partial charge in [0.05, 0.1) is 17.2 Å². The second kappa shape index (κ2) is 5.45. The van der Waals surface area contributed by atoms with E-state index in [4.69, 9.17) is 4.98 Å². The van der Waals surface area contributed by atoms with E-state index in [0.29, 0.717) is 6.04 Å². The summed E-state index contributed by atoms with van der Waals surface area (Å²) in [4.78, 5) is 11.8. The molecule has 2 aromatic heterocycles. The predicted octanol–water partition coefficient (Wildman–Crippen LogP) is 3.76. The first-order chi connectivity index (χ1) is 10.6. The van der Waals surface area contributed by atoms with E-state index in [0.717, 1.165) is 29.9 Å². The first kappa shape index (κ1) is 14.4. The van der Waals surface area contributed by atoms with Gasteiger partial charge in [0.2, 0.25) is 0 Å². The van der Waals surface area contributed by atoms with Gasteiger partial charge >= 0.3 is 0 Å². The molecule has 3 aromatic rings. The molecule has 22 heavy (non-hydrogen) atoms. The summed E-state index contributed by atoms with van der Waals surface area (Å²) < 4.78 is 3.70. The van der Waals surface area contributed by atoms with E-state index in [9.17, 15) is 0 Å². The highest BCUT2D eigenvalue weighted by atomic mass is 127. The van der Waals surface area contributed by atoms with Crippen molar-refractivity contribution in [2.24, 2.45) is 0 Å². The fourth-order valence-electron chi connectivity index (χ4n) is 3.57. The van der Waals surface area contributed by atoms with E-state index < -0.39 is 0 Å². The Morgan fingerprint density at radius 3 is 2.73 bits per heavy atom. The van der Waals surface area contributed by atoms with Crippen LogP contribution in [0.15, 0.2) is 24.4 Å². The Kier molecular flexibility index (Phi) is 3.57. The second-order valence-corrected chi connectivity index (χ2v) is 7.46. The zero-order valence-corrected chi connectivity index (χ0v) is 15.0. The minimum atomic E-state index is 0.546. The van der Waals surface area contributed by atoms with Crippen molar-refractivity contribution in [1.82, 2.24) is 19.4 Å². The molecule has 1 aliphatic rings.